The van der Waals surface area contributed by atoms with Crippen LogP contribution in [0.5, 0.6) is 0 Å². The van der Waals surface area contributed by atoms with E-state index in [0.717, 1.165) is 19.6 Å². The average Bonchev–Trinajstić information content (AvgIpc) is 2.60. The zero-order valence-electron chi connectivity index (χ0n) is 9.36. The van der Waals surface area contributed by atoms with Gasteiger partial charge in [0.25, 0.3) is 0 Å². The first kappa shape index (κ1) is 11.9. The van der Waals surface area contributed by atoms with Crippen molar-refractivity contribution in [1.29, 1.82) is 0 Å². The molecule has 84 valence electrons. The number of aliphatic hydroxyl groups is 1. The van der Waals surface area contributed by atoms with Crippen LogP contribution < -0.4 is 5.32 Å². The average molecular weight is 202 g/mol. The fourth-order valence-corrected chi connectivity index (χ4v) is 2.02. The molecule has 2 N–H and O–H groups in total. The largest absolute Gasteiger partial charge is 0.395 e. The fraction of sp³-hybridized carbons (Fsp3) is 1.00. The highest BCUT2D eigenvalue weighted by Crippen LogP contribution is 2.18. The van der Waals surface area contributed by atoms with Crippen LogP contribution in [0.2, 0.25) is 0 Å². The molecule has 4 heteroatoms. The molecule has 1 aliphatic rings. The Morgan fingerprint density at radius 2 is 2.36 bits per heavy atom. The van der Waals surface area contributed by atoms with E-state index < -0.39 is 0 Å². The molecule has 0 amide bonds. The van der Waals surface area contributed by atoms with Crippen LogP contribution in [0, 0.1) is 0 Å². The van der Waals surface area contributed by atoms with Gasteiger partial charge >= 0.3 is 0 Å². The van der Waals surface area contributed by atoms with Gasteiger partial charge < -0.3 is 15.2 Å². The molecular weight excluding hydrogens is 180 g/mol. The number of ether oxygens (including phenoxy) is 1. The highest BCUT2D eigenvalue weighted by molar-refractivity contribution is 4.82. The van der Waals surface area contributed by atoms with Crippen LogP contribution in [0.1, 0.15) is 13.3 Å². The lowest BCUT2D eigenvalue weighted by Crippen LogP contribution is -2.46. The molecule has 1 saturated heterocycles. The minimum atomic E-state index is 0.160. The van der Waals surface area contributed by atoms with Gasteiger partial charge in [-0.15, -0.1) is 0 Å². The summed E-state index contributed by atoms with van der Waals surface area (Å²) in [6, 6.07) is 0.658. The lowest BCUT2D eigenvalue weighted by Gasteiger charge is -2.29. The predicted octanol–water partition coefficient (Wildman–Crippen LogP) is -0.324. The van der Waals surface area contributed by atoms with Crippen LogP contribution in [-0.2, 0) is 4.74 Å². The summed E-state index contributed by atoms with van der Waals surface area (Å²) < 4.78 is 5.51. The molecule has 0 bridgehead atoms. The SMILES string of the molecule is CNC(CO)CN(C)C1CCOC1C. The molecular formula is C10H22N2O2. The Morgan fingerprint density at radius 1 is 1.64 bits per heavy atom. The first-order valence-electron chi connectivity index (χ1n) is 5.29. The van der Waals surface area contributed by atoms with E-state index in [2.05, 4.69) is 24.2 Å². The van der Waals surface area contributed by atoms with Crippen molar-refractivity contribution in [3.63, 3.8) is 0 Å². The zero-order valence-corrected chi connectivity index (χ0v) is 9.36. The molecule has 3 unspecified atom stereocenters. The standard InChI is InChI=1S/C10H22N2O2/c1-8-10(4-5-14-8)12(3)6-9(7-13)11-2/h8-11,13H,4-7H2,1-3H3. The molecule has 0 saturated carbocycles. The monoisotopic (exact) mass is 202 g/mol. The number of rotatable bonds is 5. The number of nitrogens with one attached hydrogen (secondary N) is 1. The van der Waals surface area contributed by atoms with Crippen LogP contribution in [-0.4, -0.2) is 62.0 Å². The van der Waals surface area contributed by atoms with Crippen molar-refractivity contribution < 1.29 is 9.84 Å². The lowest BCUT2D eigenvalue weighted by molar-refractivity contribution is 0.0769. The zero-order chi connectivity index (χ0) is 10.6. The molecule has 1 rings (SSSR count). The Hall–Kier alpha value is -0.160. The first-order valence-corrected chi connectivity index (χ1v) is 5.29. The summed E-state index contributed by atoms with van der Waals surface area (Å²) in [7, 11) is 3.97. The van der Waals surface area contributed by atoms with Crippen molar-refractivity contribution in [2.24, 2.45) is 0 Å². The van der Waals surface area contributed by atoms with E-state index in [1.807, 2.05) is 7.05 Å². The normalized spacial score (nSPS) is 29.8. The van der Waals surface area contributed by atoms with E-state index in [-0.39, 0.29) is 12.6 Å². The van der Waals surface area contributed by atoms with Crippen LogP contribution in [0.3, 0.4) is 0 Å². The third kappa shape index (κ3) is 2.92. The van der Waals surface area contributed by atoms with Gasteiger partial charge in [-0.2, -0.15) is 0 Å². The summed E-state index contributed by atoms with van der Waals surface area (Å²) in [5.74, 6) is 0. The third-order valence-corrected chi connectivity index (χ3v) is 3.04. The van der Waals surface area contributed by atoms with Gasteiger partial charge in [-0.1, -0.05) is 0 Å². The Labute approximate surface area is 86.2 Å². The van der Waals surface area contributed by atoms with Gasteiger partial charge in [0.1, 0.15) is 0 Å². The van der Waals surface area contributed by atoms with Gasteiger partial charge in [-0.25, -0.2) is 0 Å². The van der Waals surface area contributed by atoms with Gasteiger partial charge in [0.15, 0.2) is 0 Å². The molecule has 1 heterocycles. The van der Waals surface area contributed by atoms with Gasteiger partial charge in [0.2, 0.25) is 0 Å². The second-order valence-electron chi connectivity index (χ2n) is 4.04. The maximum Gasteiger partial charge on any atom is 0.0702 e. The maximum atomic E-state index is 9.06. The molecule has 1 fully saturated rings. The minimum Gasteiger partial charge on any atom is -0.395 e. The summed E-state index contributed by atoms with van der Waals surface area (Å²) in [5, 5.41) is 12.2. The lowest BCUT2D eigenvalue weighted by atomic mass is 10.1. The summed E-state index contributed by atoms with van der Waals surface area (Å²) in [4.78, 5) is 2.27. The van der Waals surface area contributed by atoms with E-state index in [0.29, 0.717) is 12.1 Å². The predicted molar refractivity (Wildman–Crippen MR) is 56.4 cm³/mol. The molecule has 4 nitrogen and oxygen atoms in total. The van der Waals surface area contributed by atoms with Crippen molar-refractivity contribution in [2.75, 3.05) is 33.9 Å². The van der Waals surface area contributed by atoms with E-state index in [1.165, 1.54) is 0 Å². The molecule has 0 aliphatic carbocycles. The Kier molecular flexibility index (Phi) is 4.81. The number of likely N-dealkylation sites (N-methyl/N-ethyl adjacent to an activating group) is 2. The molecule has 3 atom stereocenters. The van der Waals surface area contributed by atoms with Gasteiger partial charge in [-0.3, -0.25) is 4.90 Å². The second kappa shape index (κ2) is 5.66. The highest BCUT2D eigenvalue weighted by atomic mass is 16.5. The Morgan fingerprint density at radius 3 is 2.79 bits per heavy atom. The van der Waals surface area contributed by atoms with Crippen LogP contribution in [0.15, 0.2) is 0 Å². The van der Waals surface area contributed by atoms with Crippen molar-refractivity contribution in [1.82, 2.24) is 10.2 Å². The van der Waals surface area contributed by atoms with Crippen molar-refractivity contribution in [3.05, 3.63) is 0 Å². The number of hydrogen-bond donors (Lipinski definition) is 2. The van der Waals surface area contributed by atoms with Crippen molar-refractivity contribution >= 4 is 0 Å². The van der Waals surface area contributed by atoms with Gasteiger partial charge in [-0.05, 0) is 27.4 Å². The number of nitrogens with zero attached hydrogens (tertiary/aromatic N) is 1. The highest BCUT2D eigenvalue weighted by Gasteiger charge is 2.28. The first-order chi connectivity index (χ1) is 6.69. The smallest absolute Gasteiger partial charge is 0.0702 e. The fourth-order valence-electron chi connectivity index (χ4n) is 2.02. The van der Waals surface area contributed by atoms with Crippen LogP contribution >= 0.6 is 0 Å². The van der Waals surface area contributed by atoms with E-state index in [9.17, 15) is 0 Å². The van der Waals surface area contributed by atoms with Gasteiger partial charge in [0, 0.05) is 25.2 Å². The molecule has 0 aromatic heterocycles. The van der Waals surface area contributed by atoms with E-state index in [1.54, 1.807) is 0 Å². The molecule has 0 aromatic carbocycles. The topological polar surface area (TPSA) is 44.7 Å². The van der Waals surface area contributed by atoms with E-state index >= 15 is 0 Å². The molecule has 0 radical (unpaired) electrons. The Balaban J connectivity index is 2.36. The number of hydrogen-bond acceptors (Lipinski definition) is 4. The maximum absolute atomic E-state index is 9.06. The third-order valence-electron chi connectivity index (χ3n) is 3.04. The van der Waals surface area contributed by atoms with Crippen LogP contribution in [0.4, 0.5) is 0 Å². The van der Waals surface area contributed by atoms with Crippen LogP contribution in [0.25, 0.3) is 0 Å². The molecule has 0 aromatic rings. The molecule has 14 heavy (non-hydrogen) atoms. The summed E-state index contributed by atoms with van der Waals surface area (Å²) in [6.07, 6.45) is 1.41. The minimum absolute atomic E-state index is 0.160. The summed E-state index contributed by atoms with van der Waals surface area (Å²) in [5.41, 5.74) is 0. The van der Waals surface area contributed by atoms with Gasteiger partial charge in [0.05, 0.1) is 12.7 Å². The second-order valence-corrected chi connectivity index (χ2v) is 4.04. The molecule has 0 spiro atoms. The number of aliphatic hydroxyl groups excluding tert-OH is 1. The summed E-state index contributed by atoms with van der Waals surface area (Å²) in [6.45, 7) is 4.02. The van der Waals surface area contributed by atoms with Crippen molar-refractivity contribution in [2.45, 2.75) is 31.5 Å². The Bertz CT molecular complexity index is 162. The molecule has 1 aliphatic heterocycles. The van der Waals surface area contributed by atoms with Crippen molar-refractivity contribution in [3.8, 4) is 0 Å². The summed E-state index contributed by atoms with van der Waals surface area (Å²) >= 11 is 0. The van der Waals surface area contributed by atoms with E-state index in [4.69, 9.17) is 9.84 Å². The quantitative estimate of drug-likeness (QED) is 0.641.